The fraction of sp³-hybridized carbons (Fsp3) is 0.171. The molecule has 5 aromatic rings. The van der Waals surface area contributed by atoms with Crippen LogP contribution < -0.4 is 3.39 Å². The fourth-order valence-corrected chi connectivity index (χ4v) is 17.1. The quantitative estimate of drug-likeness (QED) is 0.169. The molecule has 0 spiro atoms. The summed E-state index contributed by atoms with van der Waals surface area (Å²) in [5.74, 6) is 0.226. The number of benzene rings is 4. The number of halogens is 3. The molecule has 0 bridgehead atoms. The van der Waals surface area contributed by atoms with Crippen LogP contribution in [0.3, 0.4) is 0 Å². The predicted molar refractivity (Wildman–Crippen MR) is 171 cm³/mol. The van der Waals surface area contributed by atoms with E-state index in [1.165, 1.54) is 0 Å². The van der Waals surface area contributed by atoms with Crippen molar-refractivity contribution in [2.45, 2.75) is 34.6 Å². The summed E-state index contributed by atoms with van der Waals surface area (Å²) in [6.45, 7) is 10.5. The van der Waals surface area contributed by atoms with Crippen LogP contribution in [0.15, 0.2) is 107 Å². The van der Waals surface area contributed by atoms with Gasteiger partial charge in [-0.1, -0.05) is 0 Å². The van der Waals surface area contributed by atoms with Crippen LogP contribution in [0.2, 0.25) is 10.0 Å². The molecule has 3 nitrogen and oxygen atoms in total. The van der Waals surface area contributed by atoms with Gasteiger partial charge in [0, 0.05) is 0 Å². The second-order valence-corrected chi connectivity index (χ2v) is 19.3. The molecule has 0 saturated carbocycles. The Morgan fingerprint density at radius 3 is 1.67 bits per heavy atom. The van der Waals surface area contributed by atoms with E-state index >= 15 is 4.39 Å². The maximum atomic E-state index is 15.4. The van der Waals surface area contributed by atoms with Gasteiger partial charge in [0.1, 0.15) is 0 Å². The Hall–Kier alpha value is -3.17. The molecule has 5 rings (SSSR count). The van der Waals surface area contributed by atoms with Crippen molar-refractivity contribution in [3.63, 3.8) is 0 Å². The molecule has 216 valence electrons. The van der Waals surface area contributed by atoms with Gasteiger partial charge in [-0.15, -0.1) is 0 Å². The third kappa shape index (κ3) is 6.42. The van der Waals surface area contributed by atoms with Gasteiger partial charge in [-0.2, -0.15) is 0 Å². The topological polar surface area (TPSA) is 26.5 Å². The van der Waals surface area contributed by atoms with Gasteiger partial charge in [-0.3, -0.25) is 0 Å². The van der Waals surface area contributed by atoms with Crippen LogP contribution in [0, 0.1) is 25.1 Å². The van der Waals surface area contributed by atoms with Crippen LogP contribution in [-0.4, -0.2) is 7.53 Å². The Morgan fingerprint density at radius 1 is 0.738 bits per heavy atom. The molecular weight excluding hydrogens is 738 g/mol. The first-order chi connectivity index (χ1) is 20.0. The molecule has 42 heavy (non-hydrogen) atoms. The summed E-state index contributed by atoms with van der Waals surface area (Å²) in [5, 5.41) is 0.893. The van der Waals surface area contributed by atoms with Crippen molar-refractivity contribution >= 4 is 33.3 Å². The predicted octanol–water partition coefficient (Wildman–Crippen LogP) is 11.2. The van der Waals surface area contributed by atoms with Crippen LogP contribution in [0.1, 0.15) is 32.2 Å². The number of hydrogen-bond acceptors (Lipinski definition) is 2. The van der Waals surface area contributed by atoms with Crippen molar-refractivity contribution in [2.24, 2.45) is 8.91 Å². The van der Waals surface area contributed by atoms with Gasteiger partial charge in [0.05, 0.1) is 0 Å². The molecule has 0 amide bonds. The normalized spacial score (nSPS) is 13.0. The van der Waals surface area contributed by atoms with Gasteiger partial charge in [0.25, 0.3) is 0 Å². The SMILES string of the molecule is Cc1ccc(C)[n]1[W](=[CH]C(C)(C)C)(=[N]c1c(Cl)cccc1Cl)[O]c1c(-c2ccccc2)cc(F)cc1-c1ccccc1. The van der Waals surface area contributed by atoms with E-state index in [2.05, 4.69) is 54.3 Å². The molecular formula is C35H33Cl2FN2OW. The number of nitrogens with zero attached hydrogens (tertiary/aromatic N) is 2. The molecule has 0 saturated heterocycles. The van der Waals surface area contributed by atoms with Gasteiger partial charge in [-0.25, -0.2) is 0 Å². The summed E-state index contributed by atoms with van der Waals surface area (Å²) < 4.78 is 32.9. The zero-order valence-corrected chi connectivity index (χ0v) is 28.7. The molecule has 0 aliphatic carbocycles. The van der Waals surface area contributed by atoms with Gasteiger partial charge < -0.3 is 0 Å². The monoisotopic (exact) mass is 770 g/mol. The Morgan fingerprint density at radius 2 is 1.21 bits per heavy atom. The number of aromatic nitrogens is 1. The van der Waals surface area contributed by atoms with E-state index in [0.717, 1.165) is 22.5 Å². The molecule has 0 aliphatic heterocycles. The van der Waals surface area contributed by atoms with Crippen LogP contribution in [-0.2, 0) is 16.0 Å². The van der Waals surface area contributed by atoms with Crippen LogP contribution in [0.4, 0.5) is 10.1 Å². The summed E-state index contributed by atoms with van der Waals surface area (Å²) in [6, 6.07) is 32.2. The van der Waals surface area contributed by atoms with E-state index in [-0.39, 0.29) is 11.2 Å². The van der Waals surface area contributed by atoms with Crippen molar-refractivity contribution in [1.29, 1.82) is 0 Å². The van der Waals surface area contributed by atoms with E-state index in [4.69, 9.17) is 30.1 Å². The van der Waals surface area contributed by atoms with E-state index in [0.29, 0.717) is 32.6 Å². The second kappa shape index (κ2) is 12.2. The summed E-state index contributed by atoms with van der Waals surface area (Å²) in [7, 11) is 0. The first-order valence-electron chi connectivity index (χ1n) is 13.6. The number of aryl methyl sites for hydroxylation is 2. The standard InChI is InChI=1S/C18H13FO.C6H3Cl2N.C6H8N.C5H10.W/c19-15-11-16(13-7-3-1-4-8-13)18(20)17(12-15)14-9-5-2-6-10-14;7-4-2-1-3-5(8)6(4)9;1-5-3-4-6(2)7-5;1-5(2,3)4;/h1-12,20H;1-3H;3-4H,1-2H3;1H,2-4H3;/q;;-1;;+2/p-1. The van der Waals surface area contributed by atoms with Gasteiger partial charge in [-0.05, 0) is 0 Å². The minimum absolute atomic E-state index is 0.296. The number of hydrogen-bond donors (Lipinski definition) is 0. The van der Waals surface area contributed by atoms with Crippen molar-refractivity contribution in [3.8, 4) is 28.0 Å². The average molecular weight is 771 g/mol. The van der Waals surface area contributed by atoms with E-state index < -0.39 is 16.0 Å². The van der Waals surface area contributed by atoms with Gasteiger partial charge in [0.2, 0.25) is 0 Å². The zero-order chi connectivity index (χ0) is 30.1. The van der Waals surface area contributed by atoms with E-state index in [9.17, 15) is 0 Å². The van der Waals surface area contributed by atoms with Crippen LogP contribution in [0.25, 0.3) is 22.3 Å². The Balaban J connectivity index is 1.97. The second-order valence-electron chi connectivity index (χ2n) is 11.2. The molecule has 1 atom stereocenters. The van der Waals surface area contributed by atoms with Crippen molar-refractivity contribution in [2.75, 3.05) is 0 Å². The molecule has 0 aliphatic rings. The molecule has 0 radical (unpaired) electrons. The average Bonchev–Trinajstić information content (AvgIpc) is 3.29. The molecule has 0 N–H and O–H groups in total. The van der Waals surface area contributed by atoms with Crippen molar-refractivity contribution < 1.29 is 23.8 Å². The summed E-state index contributed by atoms with van der Waals surface area (Å²) in [4.78, 5) is 0. The van der Waals surface area contributed by atoms with Crippen molar-refractivity contribution in [1.82, 2.24) is 3.13 Å². The third-order valence-electron chi connectivity index (χ3n) is 6.56. The minimum atomic E-state index is -4.68. The molecule has 1 heterocycles. The Labute approximate surface area is 260 Å². The van der Waals surface area contributed by atoms with Crippen molar-refractivity contribution in [3.05, 3.63) is 130 Å². The Bertz CT molecular complexity index is 1770. The van der Waals surface area contributed by atoms with Gasteiger partial charge in [0.15, 0.2) is 0 Å². The molecule has 0 fully saturated rings. The van der Waals surface area contributed by atoms with Crippen LogP contribution in [0.5, 0.6) is 5.75 Å². The number of rotatable bonds is 6. The Kier molecular flexibility index (Phi) is 8.80. The molecule has 4 aromatic carbocycles. The fourth-order valence-electron chi connectivity index (χ4n) is 4.91. The maximum absolute atomic E-state index is 15.4. The third-order valence-corrected chi connectivity index (χ3v) is 17.8. The van der Waals surface area contributed by atoms with Gasteiger partial charge >= 0.3 is 262 Å². The first kappa shape index (κ1) is 30.3. The first-order valence-corrected chi connectivity index (χ1v) is 19.9. The molecule has 7 heteroatoms. The molecule has 1 unspecified atom stereocenters. The van der Waals surface area contributed by atoms with E-state index in [1.807, 2.05) is 66.7 Å². The summed E-state index contributed by atoms with van der Waals surface area (Å²) >= 11 is 8.82. The van der Waals surface area contributed by atoms with E-state index in [1.54, 1.807) is 24.3 Å². The summed E-state index contributed by atoms with van der Waals surface area (Å²) in [6.07, 6.45) is 0. The summed E-state index contributed by atoms with van der Waals surface area (Å²) in [5.41, 5.74) is 5.22. The molecule has 1 aromatic heterocycles. The van der Waals surface area contributed by atoms with Crippen LogP contribution >= 0.6 is 23.2 Å². The zero-order valence-electron chi connectivity index (χ0n) is 24.2.